The predicted molar refractivity (Wildman–Crippen MR) is 74.8 cm³/mol. The van der Waals surface area contributed by atoms with E-state index in [0.29, 0.717) is 32.8 Å². The van der Waals surface area contributed by atoms with E-state index in [9.17, 15) is 13.2 Å². The molecular weight excluding hydrogens is 299 g/mol. The third kappa shape index (κ3) is 5.58. The summed E-state index contributed by atoms with van der Waals surface area (Å²) in [5.41, 5.74) is 2.04. The smallest absolute Gasteiger partial charge is 0.374 e. The summed E-state index contributed by atoms with van der Waals surface area (Å²) in [6.45, 7) is 5.91. The molecule has 0 unspecified atom stereocenters. The van der Waals surface area contributed by atoms with E-state index in [0.717, 1.165) is 11.4 Å². The Morgan fingerprint density at radius 2 is 2.18 bits per heavy atom. The zero-order valence-electron chi connectivity index (χ0n) is 12.9. The summed E-state index contributed by atoms with van der Waals surface area (Å²) in [6, 6.07) is 2.01. The minimum Gasteiger partial charge on any atom is -0.374 e. The lowest BCUT2D eigenvalue weighted by molar-refractivity contribution is -0.175. The first kappa shape index (κ1) is 17.2. The Morgan fingerprint density at radius 1 is 1.41 bits per heavy atom. The molecule has 0 aliphatic carbocycles. The Morgan fingerprint density at radius 3 is 2.82 bits per heavy atom. The van der Waals surface area contributed by atoms with Crippen molar-refractivity contribution in [2.75, 3.05) is 39.5 Å². The lowest BCUT2D eigenvalue weighted by Crippen LogP contribution is -2.45. The van der Waals surface area contributed by atoms with E-state index in [4.69, 9.17) is 4.74 Å². The first-order valence-corrected chi connectivity index (χ1v) is 7.33. The van der Waals surface area contributed by atoms with Crippen LogP contribution in [0, 0.1) is 13.8 Å². The Balaban J connectivity index is 1.73. The molecule has 5 nitrogen and oxygen atoms in total. The van der Waals surface area contributed by atoms with Gasteiger partial charge in [-0.05, 0) is 19.9 Å². The summed E-state index contributed by atoms with van der Waals surface area (Å²) in [4.78, 5) is 2.07. The highest BCUT2D eigenvalue weighted by Gasteiger charge is 2.27. The monoisotopic (exact) mass is 321 g/mol. The van der Waals surface area contributed by atoms with Gasteiger partial charge in [0, 0.05) is 25.3 Å². The highest BCUT2D eigenvalue weighted by molar-refractivity contribution is 5.06. The molecule has 1 saturated heterocycles. The van der Waals surface area contributed by atoms with E-state index in [1.54, 1.807) is 0 Å². The molecule has 2 rings (SSSR count). The number of rotatable bonds is 6. The Hall–Kier alpha value is -1.12. The maximum Gasteiger partial charge on any atom is 0.411 e. The Bertz CT molecular complexity index is 476. The van der Waals surface area contributed by atoms with Crippen LogP contribution in [0.2, 0.25) is 0 Å². The van der Waals surface area contributed by atoms with Crippen LogP contribution < -0.4 is 0 Å². The molecule has 2 heterocycles. The molecule has 1 fully saturated rings. The number of aryl methyl sites for hydroxylation is 2. The van der Waals surface area contributed by atoms with Gasteiger partial charge in [-0.15, -0.1) is 0 Å². The van der Waals surface area contributed by atoms with Crippen LogP contribution in [-0.2, 0) is 16.0 Å². The lowest BCUT2D eigenvalue weighted by atomic mass is 10.2. The van der Waals surface area contributed by atoms with Gasteiger partial charge in [-0.3, -0.25) is 9.58 Å². The first-order chi connectivity index (χ1) is 10.3. The van der Waals surface area contributed by atoms with Crippen molar-refractivity contribution in [3.63, 3.8) is 0 Å². The van der Waals surface area contributed by atoms with E-state index in [1.165, 1.54) is 0 Å². The zero-order valence-corrected chi connectivity index (χ0v) is 12.9. The fourth-order valence-electron chi connectivity index (χ4n) is 2.53. The fraction of sp³-hybridized carbons (Fsp3) is 0.786. The van der Waals surface area contributed by atoms with Crippen molar-refractivity contribution in [1.29, 1.82) is 0 Å². The minimum absolute atomic E-state index is 0.00522. The van der Waals surface area contributed by atoms with E-state index in [1.807, 2.05) is 24.6 Å². The number of hydrogen-bond acceptors (Lipinski definition) is 4. The summed E-state index contributed by atoms with van der Waals surface area (Å²) in [5, 5.41) is 4.40. The van der Waals surface area contributed by atoms with Gasteiger partial charge in [-0.1, -0.05) is 0 Å². The van der Waals surface area contributed by atoms with Gasteiger partial charge >= 0.3 is 6.18 Å². The molecule has 0 bridgehead atoms. The van der Waals surface area contributed by atoms with Crippen molar-refractivity contribution in [3.05, 3.63) is 17.5 Å². The largest absolute Gasteiger partial charge is 0.411 e. The number of alkyl halides is 3. The molecule has 0 saturated carbocycles. The van der Waals surface area contributed by atoms with E-state index in [2.05, 4.69) is 14.7 Å². The molecular formula is C14H22F3N3O2. The summed E-state index contributed by atoms with van der Waals surface area (Å²) in [5.74, 6) is 0. The van der Waals surface area contributed by atoms with Crippen LogP contribution in [0.25, 0.3) is 0 Å². The topological polar surface area (TPSA) is 39.5 Å². The van der Waals surface area contributed by atoms with Gasteiger partial charge in [0.05, 0.1) is 31.6 Å². The average Bonchev–Trinajstić information content (AvgIpc) is 2.72. The normalized spacial score (nSPS) is 20.5. The molecule has 1 atom stereocenters. The lowest BCUT2D eigenvalue weighted by Gasteiger charge is -2.33. The quantitative estimate of drug-likeness (QED) is 0.749. The van der Waals surface area contributed by atoms with Gasteiger partial charge in [-0.2, -0.15) is 18.3 Å². The predicted octanol–water partition coefficient (Wildman–Crippen LogP) is 1.78. The standard InChI is InChI=1S/C14H22F3N3O2/c1-11-7-12(2)20(18-11)9-13-8-19(4-6-22-13)3-5-21-10-14(15,16)17/h7,13H,3-6,8-10H2,1-2H3/t13-/m0/s1. The molecule has 0 N–H and O–H groups in total. The van der Waals surface area contributed by atoms with Crippen LogP contribution in [0.1, 0.15) is 11.4 Å². The molecule has 8 heteroatoms. The third-order valence-electron chi connectivity index (χ3n) is 3.52. The molecule has 22 heavy (non-hydrogen) atoms. The zero-order chi connectivity index (χ0) is 16.2. The van der Waals surface area contributed by atoms with Gasteiger partial charge in [-0.25, -0.2) is 0 Å². The molecule has 0 radical (unpaired) electrons. The number of nitrogens with zero attached hydrogens (tertiary/aromatic N) is 3. The average molecular weight is 321 g/mol. The third-order valence-corrected chi connectivity index (χ3v) is 3.52. The van der Waals surface area contributed by atoms with Gasteiger partial charge in [0.25, 0.3) is 0 Å². The maximum atomic E-state index is 12.0. The number of ether oxygens (including phenoxy) is 2. The van der Waals surface area contributed by atoms with Gasteiger partial charge in [0.15, 0.2) is 0 Å². The van der Waals surface area contributed by atoms with Crippen molar-refractivity contribution in [2.45, 2.75) is 32.7 Å². The second kappa shape index (κ2) is 7.43. The number of morpholine rings is 1. The van der Waals surface area contributed by atoms with Crippen LogP contribution >= 0.6 is 0 Å². The highest BCUT2D eigenvalue weighted by Crippen LogP contribution is 2.14. The van der Waals surface area contributed by atoms with Crippen molar-refractivity contribution in [3.8, 4) is 0 Å². The highest BCUT2D eigenvalue weighted by atomic mass is 19.4. The van der Waals surface area contributed by atoms with Gasteiger partial charge in [0.2, 0.25) is 0 Å². The van der Waals surface area contributed by atoms with Crippen LogP contribution in [-0.4, -0.2) is 66.4 Å². The minimum atomic E-state index is -4.26. The van der Waals surface area contributed by atoms with Crippen molar-refractivity contribution >= 4 is 0 Å². The first-order valence-electron chi connectivity index (χ1n) is 7.33. The number of halogens is 3. The van der Waals surface area contributed by atoms with Crippen LogP contribution in [0.4, 0.5) is 13.2 Å². The molecule has 1 aliphatic heterocycles. The molecule has 1 aromatic heterocycles. The molecule has 1 aliphatic rings. The van der Waals surface area contributed by atoms with Gasteiger partial charge in [0.1, 0.15) is 6.61 Å². The summed E-state index contributed by atoms with van der Waals surface area (Å²) >= 11 is 0. The second-order valence-corrected chi connectivity index (χ2v) is 5.57. The molecule has 0 spiro atoms. The number of aromatic nitrogens is 2. The summed E-state index contributed by atoms with van der Waals surface area (Å²) in [6.07, 6.45) is -4.27. The molecule has 0 aromatic carbocycles. The summed E-state index contributed by atoms with van der Waals surface area (Å²) < 4.78 is 48.3. The molecule has 0 amide bonds. The van der Waals surface area contributed by atoms with Crippen molar-refractivity contribution in [2.24, 2.45) is 0 Å². The Kier molecular flexibility index (Phi) is 5.82. The SMILES string of the molecule is Cc1cc(C)n(C[C@@H]2CN(CCOCC(F)(F)F)CCO2)n1. The fourth-order valence-corrected chi connectivity index (χ4v) is 2.53. The van der Waals surface area contributed by atoms with Crippen LogP contribution in [0.5, 0.6) is 0 Å². The van der Waals surface area contributed by atoms with E-state index >= 15 is 0 Å². The molecule has 1 aromatic rings. The summed E-state index contributed by atoms with van der Waals surface area (Å²) in [7, 11) is 0. The van der Waals surface area contributed by atoms with Crippen molar-refractivity contribution in [1.82, 2.24) is 14.7 Å². The van der Waals surface area contributed by atoms with Crippen LogP contribution in [0.3, 0.4) is 0 Å². The van der Waals surface area contributed by atoms with Gasteiger partial charge < -0.3 is 9.47 Å². The molecule has 126 valence electrons. The number of hydrogen-bond donors (Lipinski definition) is 0. The maximum absolute atomic E-state index is 12.0. The van der Waals surface area contributed by atoms with Crippen molar-refractivity contribution < 1.29 is 22.6 Å². The van der Waals surface area contributed by atoms with E-state index in [-0.39, 0.29) is 12.7 Å². The second-order valence-electron chi connectivity index (χ2n) is 5.57. The van der Waals surface area contributed by atoms with Crippen LogP contribution in [0.15, 0.2) is 6.07 Å². The van der Waals surface area contributed by atoms with E-state index < -0.39 is 12.8 Å². The Labute approximate surface area is 128 Å².